The van der Waals surface area contributed by atoms with Crippen molar-refractivity contribution in [2.24, 2.45) is 5.73 Å². The minimum Gasteiger partial charge on any atom is -0.488 e. The fraction of sp³-hybridized carbons (Fsp3) is 0.538. The first-order valence-corrected chi connectivity index (χ1v) is 5.41. The lowest BCUT2D eigenvalue weighted by Gasteiger charge is -2.22. The summed E-state index contributed by atoms with van der Waals surface area (Å²) in [7, 11) is 0. The van der Waals surface area contributed by atoms with E-state index in [9.17, 15) is 0 Å². The van der Waals surface area contributed by atoms with Gasteiger partial charge < -0.3 is 10.5 Å². The van der Waals surface area contributed by atoms with Crippen LogP contribution in [-0.4, -0.2) is 12.1 Å². The Morgan fingerprint density at radius 2 is 2.00 bits per heavy atom. The molecule has 84 valence electrons. The molecular weight excluding hydrogens is 186 g/mol. The summed E-state index contributed by atoms with van der Waals surface area (Å²) in [6, 6.07) is 8.16. The molecule has 2 N–H and O–H groups in total. The summed E-state index contributed by atoms with van der Waals surface area (Å²) in [5, 5.41) is 0. The molecular formula is C13H21NO. The number of hydrogen-bond donors (Lipinski definition) is 1. The molecule has 0 saturated carbocycles. The van der Waals surface area contributed by atoms with Crippen molar-refractivity contribution in [1.82, 2.24) is 0 Å². The summed E-state index contributed by atoms with van der Waals surface area (Å²) >= 11 is 0. The topological polar surface area (TPSA) is 35.2 Å². The Hall–Kier alpha value is -1.02. The Balaban J connectivity index is 2.83. The minimum atomic E-state index is -0.148. The van der Waals surface area contributed by atoms with Gasteiger partial charge in [-0.15, -0.1) is 0 Å². The molecule has 0 saturated heterocycles. The highest BCUT2D eigenvalue weighted by Gasteiger charge is 2.12. The smallest absolute Gasteiger partial charge is 0.120 e. The van der Waals surface area contributed by atoms with Crippen molar-refractivity contribution in [2.75, 3.05) is 6.54 Å². The monoisotopic (exact) mass is 207 g/mol. The van der Waals surface area contributed by atoms with Crippen LogP contribution in [0.5, 0.6) is 5.75 Å². The van der Waals surface area contributed by atoms with Crippen LogP contribution in [-0.2, 0) is 0 Å². The zero-order valence-electron chi connectivity index (χ0n) is 10.1. The number of nitrogens with two attached hydrogens (primary N) is 1. The molecule has 1 aromatic rings. The van der Waals surface area contributed by atoms with Gasteiger partial charge in [-0.2, -0.15) is 0 Å². The Kier molecular flexibility index (Phi) is 3.75. The first-order valence-electron chi connectivity index (χ1n) is 5.41. The van der Waals surface area contributed by atoms with Crippen LogP contribution in [0.25, 0.3) is 0 Å². The van der Waals surface area contributed by atoms with Gasteiger partial charge in [0.15, 0.2) is 0 Å². The van der Waals surface area contributed by atoms with E-state index in [4.69, 9.17) is 10.5 Å². The second-order valence-corrected chi connectivity index (χ2v) is 4.92. The highest BCUT2D eigenvalue weighted by atomic mass is 16.5. The number of benzene rings is 1. The zero-order chi connectivity index (χ0) is 11.5. The molecule has 0 aliphatic heterocycles. The van der Waals surface area contributed by atoms with E-state index >= 15 is 0 Å². The second kappa shape index (κ2) is 4.67. The molecule has 0 aromatic heterocycles. The molecule has 0 amide bonds. The van der Waals surface area contributed by atoms with Gasteiger partial charge in [0, 0.05) is 0 Å². The maximum atomic E-state index is 5.80. The molecule has 0 fully saturated rings. The predicted octanol–water partition coefficient (Wildman–Crippen LogP) is 2.93. The molecule has 0 heterocycles. The van der Waals surface area contributed by atoms with Crippen LogP contribution in [0.1, 0.15) is 39.2 Å². The van der Waals surface area contributed by atoms with E-state index in [1.54, 1.807) is 0 Å². The standard InChI is InChI=1S/C13H21NO/c1-10(9-14)11-6-5-7-12(8-11)15-13(2,3)4/h5-8,10H,9,14H2,1-4H3. The van der Waals surface area contributed by atoms with Crippen LogP contribution in [0, 0.1) is 0 Å². The summed E-state index contributed by atoms with van der Waals surface area (Å²) in [6.07, 6.45) is 0. The fourth-order valence-corrected chi connectivity index (χ4v) is 1.37. The van der Waals surface area contributed by atoms with Crippen LogP contribution >= 0.6 is 0 Å². The molecule has 0 spiro atoms. The van der Waals surface area contributed by atoms with Gasteiger partial charge in [0.05, 0.1) is 0 Å². The van der Waals surface area contributed by atoms with E-state index in [1.165, 1.54) is 5.56 Å². The third-order valence-electron chi connectivity index (χ3n) is 2.20. The van der Waals surface area contributed by atoms with Crippen molar-refractivity contribution < 1.29 is 4.74 Å². The third-order valence-corrected chi connectivity index (χ3v) is 2.20. The van der Waals surface area contributed by atoms with E-state index < -0.39 is 0 Å². The normalized spacial score (nSPS) is 13.7. The van der Waals surface area contributed by atoms with Gasteiger partial charge in [-0.25, -0.2) is 0 Å². The van der Waals surface area contributed by atoms with Gasteiger partial charge in [0.2, 0.25) is 0 Å². The van der Waals surface area contributed by atoms with Crippen molar-refractivity contribution in [3.05, 3.63) is 29.8 Å². The van der Waals surface area contributed by atoms with Crippen molar-refractivity contribution in [3.63, 3.8) is 0 Å². The van der Waals surface area contributed by atoms with E-state index in [0.717, 1.165) is 5.75 Å². The molecule has 15 heavy (non-hydrogen) atoms. The Morgan fingerprint density at radius 1 is 1.33 bits per heavy atom. The molecule has 2 heteroatoms. The Bertz CT molecular complexity index is 315. The molecule has 0 aliphatic rings. The van der Waals surface area contributed by atoms with Crippen LogP contribution in [0.15, 0.2) is 24.3 Å². The van der Waals surface area contributed by atoms with Crippen molar-refractivity contribution in [3.8, 4) is 5.75 Å². The van der Waals surface area contributed by atoms with Crippen molar-refractivity contribution >= 4 is 0 Å². The third kappa shape index (κ3) is 3.92. The van der Waals surface area contributed by atoms with Crippen LogP contribution in [0.4, 0.5) is 0 Å². The number of rotatable bonds is 3. The summed E-state index contributed by atoms with van der Waals surface area (Å²) < 4.78 is 5.80. The SMILES string of the molecule is CC(CN)c1cccc(OC(C)(C)C)c1. The van der Waals surface area contributed by atoms with Gasteiger partial charge in [-0.1, -0.05) is 19.1 Å². The average Bonchev–Trinajstić information content (AvgIpc) is 2.14. The summed E-state index contributed by atoms with van der Waals surface area (Å²) in [5.41, 5.74) is 6.73. The lowest BCUT2D eigenvalue weighted by atomic mass is 10.0. The Labute approximate surface area is 92.4 Å². The summed E-state index contributed by atoms with van der Waals surface area (Å²) in [4.78, 5) is 0. The summed E-state index contributed by atoms with van der Waals surface area (Å²) in [5.74, 6) is 1.30. The Morgan fingerprint density at radius 3 is 2.53 bits per heavy atom. The molecule has 1 rings (SSSR count). The lowest BCUT2D eigenvalue weighted by Crippen LogP contribution is -2.23. The molecule has 0 aliphatic carbocycles. The molecule has 0 radical (unpaired) electrons. The first kappa shape index (κ1) is 12.1. The van der Waals surface area contributed by atoms with Gasteiger partial charge in [-0.05, 0) is 50.9 Å². The quantitative estimate of drug-likeness (QED) is 0.827. The van der Waals surface area contributed by atoms with E-state index in [2.05, 4.69) is 19.1 Å². The van der Waals surface area contributed by atoms with Gasteiger partial charge in [0.25, 0.3) is 0 Å². The molecule has 1 aromatic carbocycles. The zero-order valence-corrected chi connectivity index (χ0v) is 10.1. The number of hydrogen-bond acceptors (Lipinski definition) is 2. The summed E-state index contributed by atoms with van der Waals surface area (Å²) in [6.45, 7) is 8.93. The van der Waals surface area contributed by atoms with E-state index in [-0.39, 0.29) is 5.60 Å². The average molecular weight is 207 g/mol. The first-order chi connectivity index (χ1) is 6.92. The number of ether oxygens (including phenoxy) is 1. The molecule has 1 atom stereocenters. The van der Waals surface area contributed by atoms with Crippen molar-refractivity contribution in [2.45, 2.75) is 39.2 Å². The van der Waals surface area contributed by atoms with Gasteiger partial charge in [-0.3, -0.25) is 0 Å². The van der Waals surface area contributed by atoms with Gasteiger partial charge in [0.1, 0.15) is 11.4 Å². The fourth-order valence-electron chi connectivity index (χ4n) is 1.37. The molecule has 1 unspecified atom stereocenters. The minimum absolute atomic E-state index is 0.148. The molecule has 0 bridgehead atoms. The second-order valence-electron chi connectivity index (χ2n) is 4.92. The van der Waals surface area contributed by atoms with Crippen LogP contribution in [0.2, 0.25) is 0 Å². The van der Waals surface area contributed by atoms with E-state index in [1.807, 2.05) is 32.9 Å². The highest BCUT2D eigenvalue weighted by Crippen LogP contribution is 2.23. The van der Waals surface area contributed by atoms with Crippen LogP contribution < -0.4 is 10.5 Å². The van der Waals surface area contributed by atoms with Crippen LogP contribution in [0.3, 0.4) is 0 Å². The predicted molar refractivity (Wildman–Crippen MR) is 64.3 cm³/mol. The van der Waals surface area contributed by atoms with E-state index in [0.29, 0.717) is 12.5 Å². The maximum Gasteiger partial charge on any atom is 0.120 e. The molecule has 2 nitrogen and oxygen atoms in total. The largest absolute Gasteiger partial charge is 0.488 e. The van der Waals surface area contributed by atoms with Gasteiger partial charge >= 0.3 is 0 Å². The lowest BCUT2D eigenvalue weighted by molar-refractivity contribution is 0.131. The maximum absolute atomic E-state index is 5.80. The highest BCUT2D eigenvalue weighted by molar-refractivity contribution is 5.31. The van der Waals surface area contributed by atoms with Crippen molar-refractivity contribution in [1.29, 1.82) is 0 Å².